The van der Waals surface area contributed by atoms with Crippen molar-refractivity contribution in [3.8, 4) is 0 Å². The van der Waals surface area contributed by atoms with Gasteiger partial charge in [-0.25, -0.2) is 0 Å². The molecule has 0 aromatic rings. The quantitative estimate of drug-likeness (QED) is 0.644. The minimum Gasteiger partial charge on any atom is -0.433 e. The third-order valence-electron chi connectivity index (χ3n) is 2.21. The van der Waals surface area contributed by atoms with Gasteiger partial charge in [0.15, 0.2) is 8.32 Å². The fourth-order valence-electron chi connectivity index (χ4n) is 1.41. The van der Waals surface area contributed by atoms with Gasteiger partial charge in [0.2, 0.25) is 0 Å². The molecule has 0 N–H and O–H groups in total. The molecule has 0 aromatic heterocycles. The monoisotopic (exact) mass is 292 g/mol. The molecule has 0 saturated carbocycles. The molecule has 0 aromatic carbocycles. The lowest BCUT2D eigenvalue weighted by molar-refractivity contribution is 0.160. The van der Waals surface area contributed by atoms with E-state index in [2.05, 4.69) is 26.3 Å². The Morgan fingerprint density at radius 2 is 1.29 bits per heavy atom. The molecule has 0 aliphatic rings. The minimum absolute atomic E-state index is 1.57. The second kappa shape index (κ2) is 6.23. The molecule has 0 aliphatic carbocycles. The molecule has 4 nitrogen and oxygen atoms in total. The summed E-state index contributed by atoms with van der Waals surface area (Å²) in [5, 5.41) is 0. The number of hydrogen-bond acceptors (Lipinski definition) is 4. The number of rotatable bonds is 8. The topological polar surface area (TPSA) is 36.9 Å². The highest BCUT2D eigenvalue weighted by Crippen LogP contribution is 2.22. The summed E-state index contributed by atoms with van der Waals surface area (Å²) in [6.07, 6.45) is 0. The van der Waals surface area contributed by atoms with Crippen molar-refractivity contribution in [3.63, 3.8) is 0 Å². The Morgan fingerprint density at radius 1 is 0.824 bits per heavy atom. The van der Waals surface area contributed by atoms with Crippen LogP contribution in [0.4, 0.5) is 0 Å². The summed E-state index contributed by atoms with van der Waals surface area (Å²) < 4.78 is 22.8. The van der Waals surface area contributed by atoms with Crippen LogP contribution in [0, 0.1) is 0 Å². The largest absolute Gasteiger partial charge is 0.519 e. The van der Waals surface area contributed by atoms with Gasteiger partial charge >= 0.3 is 17.4 Å². The molecule has 0 radical (unpaired) electrons. The lowest BCUT2D eigenvalue weighted by Gasteiger charge is -2.36. The first-order valence-electron chi connectivity index (χ1n) is 5.44. The van der Waals surface area contributed by atoms with Gasteiger partial charge in [-0.2, -0.15) is 0 Å². The molecule has 0 spiro atoms. The molecular formula is C10H24O4Si3. The van der Waals surface area contributed by atoms with E-state index < -0.39 is 25.7 Å². The van der Waals surface area contributed by atoms with Crippen LogP contribution in [0.3, 0.4) is 0 Å². The molecule has 0 saturated heterocycles. The molecular weight excluding hydrogens is 268 g/mol. The van der Waals surface area contributed by atoms with Crippen molar-refractivity contribution in [2.75, 3.05) is 14.2 Å². The first-order chi connectivity index (χ1) is 7.66. The van der Waals surface area contributed by atoms with Gasteiger partial charge in [0.25, 0.3) is 0 Å². The maximum atomic E-state index is 6.10. The van der Waals surface area contributed by atoms with Crippen molar-refractivity contribution < 1.29 is 17.1 Å². The predicted molar refractivity (Wildman–Crippen MR) is 77.3 cm³/mol. The van der Waals surface area contributed by atoms with Gasteiger partial charge in [0, 0.05) is 14.2 Å². The fraction of sp³-hybridized carbons (Fsp3) is 0.600. The Morgan fingerprint density at radius 3 is 1.59 bits per heavy atom. The van der Waals surface area contributed by atoms with Crippen molar-refractivity contribution >= 4 is 25.7 Å². The van der Waals surface area contributed by atoms with E-state index in [1.54, 1.807) is 19.9 Å². The molecule has 0 atom stereocenters. The third-order valence-corrected chi connectivity index (χ3v) is 12.0. The predicted octanol–water partition coefficient (Wildman–Crippen LogP) is 2.61. The SMILES string of the molecule is C=C[Si](C)(C)O[Si](C)(C)O[Si](C=C)(OC)OC. The van der Waals surface area contributed by atoms with Crippen LogP contribution in [0.15, 0.2) is 24.6 Å². The Labute approximate surface area is 108 Å². The van der Waals surface area contributed by atoms with E-state index in [4.69, 9.17) is 17.1 Å². The van der Waals surface area contributed by atoms with Crippen LogP contribution in [0.5, 0.6) is 0 Å². The van der Waals surface area contributed by atoms with E-state index in [-0.39, 0.29) is 0 Å². The van der Waals surface area contributed by atoms with Crippen LogP contribution in [-0.2, 0) is 17.1 Å². The standard InChI is InChI=1S/C10H24O4Si3/c1-9-15(5,6)13-16(7,8)14-17(10-2,11-3)12-4/h9-10H,1-2H2,3-8H3. The van der Waals surface area contributed by atoms with Crippen LogP contribution in [0.1, 0.15) is 0 Å². The van der Waals surface area contributed by atoms with Gasteiger partial charge in [-0.15, -0.1) is 6.58 Å². The van der Waals surface area contributed by atoms with Crippen LogP contribution >= 0.6 is 0 Å². The van der Waals surface area contributed by atoms with E-state index in [0.717, 1.165) is 0 Å². The summed E-state index contributed by atoms with van der Waals surface area (Å²) in [5.41, 5.74) is 3.51. The van der Waals surface area contributed by atoms with Crippen molar-refractivity contribution in [1.82, 2.24) is 0 Å². The average Bonchev–Trinajstić information content (AvgIpc) is 2.25. The maximum Gasteiger partial charge on any atom is 0.519 e. The Kier molecular flexibility index (Phi) is 6.22. The summed E-state index contributed by atoms with van der Waals surface area (Å²) in [7, 11) is -3.84. The maximum absolute atomic E-state index is 6.10. The summed E-state index contributed by atoms with van der Waals surface area (Å²) in [6.45, 7) is 15.6. The van der Waals surface area contributed by atoms with E-state index in [1.807, 2.05) is 18.8 Å². The van der Waals surface area contributed by atoms with E-state index in [9.17, 15) is 0 Å². The van der Waals surface area contributed by atoms with Crippen molar-refractivity contribution in [3.05, 3.63) is 24.6 Å². The molecule has 0 fully saturated rings. The Bertz CT molecular complexity index is 275. The van der Waals surface area contributed by atoms with E-state index in [1.165, 1.54) is 0 Å². The molecule has 0 aliphatic heterocycles. The highest BCUT2D eigenvalue weighted by atomic mass is 28.5. The van der Waals surface area contributed by atoms with Crippen LogP contribution in [0.25, 0.3) is 0 Å². The Hall–Kier alpha value is -0.0294. The van der Waals surface area contributed by atoms with Crippen LogP contribution in [-0.4, -0.2) is 39.9 Å². The first-order valence-corrected chi connectivity index (χ1v) is 13.0. The number of hydrogen-bond donors (Lipinski definition) is 0. The Balaban J connectivity index is 4.84. The van der Waals surface area contributed by atoms with Crippen molar-refractivity contribution in [1.29, 1.82) is 0 Å². The normalized spacial score (nSPS) is 13.5. The van der Waals surface area contributed by atoms with Gasteiger partial charge in [-0.3, -0.25) is 0 Å². The van der Waals surface area contributed by atoms with Gasteiger partial charge in [-0.1, -0.05) is 12.3 Å². The van der Waals surface area contributed by atoms with Crippen LogP contribution < -0.4 is 0 Å². The molecule has 100 valence electrons. The van der Waals surface area contributed by atoms with Gasteiger partial charge in [0.1, 0.15) is 0 Å². The summed E-state index contributed by atoms with van der Waals surface area (Å²) in [5.74, 6) is 0. The first kappa shape index (κ1) is 17.0. The van der Waals surface area contributed by atoms with Gasteiger partial charge in [0.05, 0.1) is 0 Å². The van der Waals surface area contributed by atoms with Gasteiger partial charge in [-0.05, 0) is 31.9 Å². The van der Waals surface area contributed by atoms with Crippen LogP contribution in [0.2, 0.25) is 26.2 Å². The smallest absolute Gasteiger partial charge is 0.433 e. The molecule has 0 rings (SSSR count). The second-order valence-corrected chi connectivity index (χ2v) is 15.1. The highest BCUT2D eigenvalue weighted by molar-refractivity contribution is 6.88. The molecule has 7 heteroatoms. The zero-order valence-electron chi connectivity index (χ0n) is 11.7. The van der Waals surface area contributed by atoms with E-state index >= 15 is 0 Å². The zero-order chi connectivity index (χ0) is 13.7. The summed E-state index contributed by atoms with van der Waals surface area (Å²) in [6, 6.07) is 0. The lowest BCUT2D eigenvalue weighted by atomic mass is 11.3. The van der Waals surface area contributed by atoms with Crippen molar-refractivity contribution in [2.45, 2.75) is 26.2 Å². The minimum atomic E-state index is -2.78. The summed E-state index contributed by atoms with van der Waals surface area (Å²) in [4.78, 5) is 0. The lowest BCUT2D eigenvalue weighted by Crippen LogP contribution is -2.55. The van der Waals surface area contributed by atoms with Gasteiger partial charge < -0.3 is 17.1 Å². The fourth-order valence-corrected chi connectivity index (χ4v) is 11.6. The molecule has 0 unspecified atom stereocenters. The summed E-state index contributed by atoms with van der Waals surface area (Å²) >= 11 is 0. The second-order valence-electron chi connectivity index (χ2n) is 4.63. The molecule has 0 heterocycles. The van der Waals surface area contributed by atoms with Crippen molar-refractivity contribution in [2.24, 2.45) is 0 Å². The molecule has 0 amide bonds. The van der Waals surface area contributed by atoms with E-state index in [0.29, 0.717) is 0 Å². The highest BCUT2D eigenvalue weighted by Gasteiger charge is 2.45. The zero-order valence-corrected chi connectivity index (χ0v) is 14.7. The third kappa shape index (κ3) is 5.42. The molecule has 0 bridgehead atoms. The average molecular weight is 293 g/mol. The molecule has 17 heavy (non-hydrogen) atoms.